The van der Waals surface area contributed by atoms with Crippen LogP contribution in [0.4, 0.5) is 0 Å². The van der Waals surface area contributed by atoms with Crippen molar-refractivity contribution in [3.63, 3.8) is 0 Å². The molecule has 0 aromatic heterocycles. The van der Waals surface area contributed by atoms with Gasteiger partial charge in [-0.05, 0) is 38.0 Å². The Morgan fingerprint density at radius 1 is 1.47 bits per heavy atom. The minimum atomic E-state index is -3.57. The summed E-state index contributed by atoms with van der Waals surface area (Å²) in [7, 11) is -3.57. The zero-order chi connectivity index (χ0) is 14.2. The molecule has 0 aliphatic carbocycles. The fourth-order valence-corrected chi connectivity index (χ4v) is 5.02. The number of hydrogen-bond acceptors (Lipinski definition) is 3. The Morgan fingerprint density at radius 2 is 2.16 bits per heavy atom. The summed E-state index contributed by atoms with van der Waals surface area (Å²) < 4.78 is 27.5. The topological polar surface area (TPSA) is 63.4 Å². The van der Waals surface area contributed by atoms with Gasteiger partial charge in [-0.15, -0.1) is 0 Å². The van der Waals surface area contributed by atoms with Crippen LogP contribution in [0.2, 0.25) is 5.02 Å². The number of rotatable bonds is 2. The first-order valence-corrected chi connectivity index (χ1v) is 8.66. The zero-order valence-electron chi connectivity index (χ0n) is 10.5. The van der Waals surface area contributed by atoms with E-state index < -0.39 is 10.0 Å². The molecule has 0 amide bonds. The van der Waals surface area contributed by atoms with Gasteiger partial charge in [0, 0.05) is 23.1 Å². The minimum absolute atomic E-state index is 0.0689. The van der Waals surface area contributed by atoms with Crippen LogP contribution in [0.5, 0.6) is 0 Å². The van der Waals surface area contributed by atoms with Gasteiger partial charge in [-0.1, -0.05) is 27.5 Å². The number of sulfonamides is 1. The van der Waals surface area contributed by atoms with E-state index in [0.29, 0.717) is 23.9 Å². The maximum atomic E-state index is 12.7. The van der Waals surface area contributed by atoms with Crippen LogP contribution >= 0.6 is 27.5 Å². The Balaban J connectivity index is 2.39. The fourth-order valence-electron chi connectivity index (χ4n) is 2.35. The van der Waals surface area contributed by atoms with E-state index in [1.165, 1.54) is 4.31 Å². The lowest BCUT2D eigenvalue weighted by atomic mass is 10.0. The van der Waals surface area contributed by atoms with E-state index in [0.717, 1.165) is 0 Å². The molecule has 1 aliphatic heterocycles. The maximum Gasteiger partial charge on any atom is 0.244 e. The predicted octanol–water partition coefficient (Wildman–Crippen LogP) is 2.60. The van der Waals surface area contributed by atoms with Crippen molar-refractivity contribution in [2.45, 2.75) is 36.7 Å². The summed E-state index contributed by atoms with van der Waals surface area (Å²) in [4.78, 5) is 0.144. The SMILES string of the molecule is C[C@@H]1C[C@H](N)CCN1S(=O)(=O)c1cc(Br)ccc1Cl. The van der Waals surface area contributed by atoms with Crippen LogP contribution in [0.25, 0.3) is 0 Å². The van der Waals surface area contributed by atoms with E-state index >= 15 is 0 Å². The number of piperidine rings is 1. The smallest absolute Gasteiger partial charge is 0.244 e. The summed E-state index contributed by atoms with van der Waals surface area (Å²) in [5.74, 6) is 0. The highest BCUT2D eigenvalue weighted by Crippen LogP contribution is 2.31. The Labute approximate surface area is 127 Å². The van der Waals surface area contributed by atoms with Gasteiger partial charge in [-0.3, -0.25) is 0 Å². The molecular weight excluding hydrogens is 352 g/mol. The van der Waals surface area contributed by atoms with Gasteiger partial charge in [0.15, 0.2) is 0 Å². The molecule has 0 radical (unpaired) electrons. The number of nitrogens with zero attached hydrogens (tertiary/aromatic N) is 1. The molecule has 2 atom stereocenters. The van der Waals surface area contributed by atoms with E-state index in [4.69, 9.17) is 17.3 Å². The van der Waals surface area contributed by atoms with E-state index in [2.05, 4.69) is 15.9 Å². The van der Waals surface area contributed by atoms with Crippen LogP contribution in [0.3, 0.4) is 0 Å². The van der Waals surface area contributed by atoms with E-state index in [9.17, 15) is 8.42 Å². The van der Waals surface area contributed by atoms with E-state index in [-0.39, 0.29) is 22.0 Å². The molecule has 1 aliphatic rings. The average Bonchev–Trinajstić information content (AvgIpc) is 2.31. The van der Waals surface area contributed by atoms with Gasteiger partial charge in [0.2, 0.25) is 10.0 Å². The Hall–Kier alpha value is -0.140. The standard InChI is InChI=1S/C12H16BrClN2O2S/c1-8-6-10(15)4-5-16(8)19(17,18)12-7-9(13)2-3-11(12)14/h2-3,7-8,10H,4-6,15H2,1H3/t8-,10-/m1/s1. The van der Waals surface area contributed by atoms with Crippen molar-refractivity contribution in [1.29, 1.82) is 0 Å². The average molecular weight is 368 g/mol. The first kappa shape index (κ1) is 15.3. The van der Waals surface area contributed by atoms with Crippen LogP contribution in [0.1, 0.15) is 19.8 Å². The van der Waals surface area contributed by atoms with Crippen LogP contribution in [-0.2, 0) is 10.0 Å². The van der Waals surface area contributed by atoms with Gasteiger partial charge >= 0.3 is 0 Å². The normalized spacial score (nSPS) is 25.5. The van der Waals surface area contributed by atoms with Crippen molar-refractivity contribution >= 4 is 37.6 Å². The summed E-state index contributed by atoms with van der Waals surface area (Å²) in [6.45, 7) is 2.32. The molecule has 1 heterocycles. The number of benzene rings is 1. The molecule has 0 unspecified atom stereocenters. The van der Waals surface area contributed by atoms with Gasteiger partial charge in [0.25, 0.3) is 0 Å². The molecule has 1 fully saturated rings. The summed E-state index contributed by atoms with van der Waals surface area (Å²) in [6.07, 6.45) is 1.35. The quantitative estimate of drug-likeness (QED) is 0.874. The summed E-state index contributed by atoms with van der Waals surface area (Å²) in [6, 6.07) is 4.80. The minimum Gasteiger partial charge on any atom is -0.328 e. The van der Waals surface area contributed by atoms with Crippen molar-refractivity contribution in [2.24, 2.45) is 5.73 Å². The molecule has 0 spiro atoms. The van der Waals surface area contributed by atoms with Crippen molar-refractivity contribution in [3.8, 4) is 0 Å². The fraction of sp³-hybridized carbons (Fsp3) is 0.500. The van der Waals surface area contributed by atoms with Crippen LogP contribution < -0.4 is 5.73 Å². The molecule has 19 heavy (non-hydrogen) atoms. The van der Waals surface area contributed by atoms with Crippen molar-refractivity contribution in [1.82, 2.24) is 4.31 Å². The molecule has 1 aromatic rings. The van der Waals surface area contributed by atoms with Crippen molar-refractivity contribution in [3.05, 3.63) is 27.7 Å². The molecule has 0 saturated carbocycles. The molecule has 1 saturated heterocycles. The van der Waals surface area contributed by atoms with E-state index in [1.54, 1.807) is 18.2 Å². The number of hydrogen-bond donors (Lipinski definition) is 1. The summed E-state index contributed by atoms with van der Waals surface area (Å²) in [5, 5.41) is 0.241. The number of halogens is 2. The summed E-state index contributed by atoms with van der Waals surface area (Å²) in [5.41, 5.74) is 5.87. The molecule has 106 valence electrons. The van der Waals surface area contributed by atoms with Gasteiger partial charge in [0.1, 0.15) is 4.90 Å². The molecule has 7 heteroatoms. The second-order valence-corrected chi connectivity index (χ2v) is 8.01. The summed E-state index contributed by atoms with van der Waals surface area (Å²) >= 11 is 9.30. The van der Waals surface area contributed by atoms with Crippen LogP contribution in [0.15, 0.2) is 27.6 Å². The van der Waals surface area contributed by atoms with Crippen molar-refractivity contribution < 1.29 is 8.42 Å². The molecule has 2 rings (SSSR count). The highest BCUT2D eigenvalue weighted by molar-refractivity contribution is 9.10. The molecule has 2 N–H and O–H groups in total. The van der Waals surface area contributed by atoms with Gasteiger partial charge in [-0.25, -0.2) is 8.42 Å². The first-order chi connectivity index (χ1) is 8.82. The van der Waals surface area contributed by atoms with Gasteiger partial charge < -0.3 is 5.73 Å². The Bertz CT molecular complexity index is 579. The third kappa shape index (κ3) is 3.13. The predicted molar refractivity (Wildman–Crippen MR) is 79.7 cm³/mol. The highest BCUT2D eigenvalue weighted by atomic mass is 79.9. The maximum absolute atomic E-state index is 12.7. The second-order valence-electron chi connectivity index (χ2n) is 4.82. The van der Waals surface area contributed by atoms with Crippen LogP contribution in [-0.4, -0.2) is 31.4 Å². The monoisotopic (exact) mass is 366 g/mol. The highest BCUT2D eigenvalue weighted by Gasteiger charge is 2.34. The third-order valence-corrected chi connectivity index (χ3v) is 6.32. The van der Waals surface area contributed by atoms with Gasteiger partial charge in [-0.2, -0.15) is 4.31 Å². The molecule has 4 nitrogen and oxygen atoms in total. The van der Waals surface area contributed by atoms with Gasteiger partial charge in [0.05, 0.1) is 5.02 Å². The largest absolute Gasteiger partial charge is 0.328 e. The van der Waals surface area contributed by atoms with Crippen LogP contribution in [0, 0.1) is 0 Å². The lowest BCUT2D eigenvalue weighted by Gasteiger charge is -2.35. The number of nitrogens with two attached hydrogens (primary N) is 1. The third-order valence-electron chi connectivity index (χ3n) is 3.34. The Morgan fingerprint density at radius 3 is 2.79 bits per heavy atom. The zero-order valence-corrected chi connectivity index (χ0v) is 13.7. The van der Waals surface area contributed by atoms with Crippen molar-refractivity contribution in [2.75, 3.05) is 6.54 Å². The first-order valence-electron chi connectivity index (χ1n) is 6.05. The lowest BCUT2D eigenvalue weighted by molar-refractivity contribution is 0.247. The lowest BCUT2D eigenvalue weighted by Crippen LogP contribution is -2.48. The van der Waals surface area contributed by atoms with E-state index in [1.807, 2.05) is 6.92 Å². The molecule has 0 bridgehead atoms. The second kappa shape index (κ2) is 5.69. The molecule has 1 aromatic carbocycles. The molecular formula is C12H16BrClN2O2S. The Kier molecular flexibility index (Phi) is 4.57.